The van der Waals surface area contributed by atoms with E-state index in [1.165, 1.54) is 6.07 Å². The molecule has 1 aromatic rings. The van der Waals surface area contributed by atoms with Gasteiger partial charge in [0, 0.05) is 12.3 Å². The highest BCUT2D eigenvalue weighted by molar-refractivity contribution is 9.10. The van der Waals surface area contributed by atoms with Crippen molar-refractivity contribution in [2.24, 2.45) is 5.92 Å². The lowest BCUT2D eigenvalue weighted by Gasteiger charge is -2.03. The lowest BCUT2D eigenvalue weighted by Crippen LogP contribution is -2.05. The first kappa shape index (κ1) is 9.84. The Morgan fingerprint density at radius 2 is 2.21 bits per heavy atom. The van der Waals surface area contributed by atoms with Crippen LogP contribution in [0.15, 0.2) is 22.7 Å². The Hall–Kier alpha value is -0.700. The van der Waals surface area contributed by atoms with Gasteiger partial charge in [-0.2, -0.15) is 0 Å². The Kier molecular flexibility index (Phi) is 2.68. The number of halogens is 2. The van der Waals surface area contributed by atoms with E-state index in [-0.39, 0.29) is 17.5 Å². The molecule has 0 atom stereocenters. The molecule has 0 saturated heterocycles. The minimum Gasteiger partial charge on any atom is -0.299 e. The molecule has 74 valence electrons. The third kappa shape index (κ3) is 2.03. The van der Waals surface area contributed by atoms with E-state index in [0.717, 1.165) is 18.4 Å². The maximum absolute atomic E-state index is 13.1. The number of carbonyl (C=O) groups excluding carboxylic acids is 1. The molecule has 0 heterocycles. The van der Waals surface area contributed by atoms with Crippen molar-refractivity contribution in [1.29, 1.82) is 0 Å². The van der Waals surface area contributed by atoms with E-state index in [2.05, 4.69) is 15.9 Å². The maximum Gasteiger partial charge on any atom is 0.140 e. The van der Waals surface area contributed by atoms with Crippen LogP contribution in [0.5, 0.6) is 0 Å². The van der Waals surface area contributed by atoms with Crippen molar-refractivity contribution in [2.75, 3.05) is 0 Å². The van der Waals surface area contributed by atoms with E-state index in [1.54, 1.807) is 12.1 Å². The Morgan fingerprint density at radius 3 is 2.86 bits per heavy atom. The minimum absolute atomic E-state index is 0.233. The van der Waals surface area contributed by atoms with Gasteiger partial charge in [-0.25, -0.2) is 4.39 Å². The zero-order valence-electron chi connectivity index (χ0n) is 7.59. The van der Waals surface area contributed by atoms with Gasteiger partial charge >= 0.3 is 0 Å². The summed E-state index contributed by atoms with van der Waals surface area (Å²) in [5, 5.41) is 0. The lowest BCUT2D eigenvalue weighted by atomic mass is 10.1. The Labute approximate surface area is 90.4 Å². The van der Waals surface area contributed by atoms with Crippen LogP contribution in [0.2, 0.25) is 0 Å². The molecule has 0 bridgehead atoms. The average molecular weight is 257 g/mol. The smallest absolute Gasteiger partial charge is 0.140 e. The second kappa shape index (κ2) is 3.81. The molecule has 3 heteroatoms. The number of benzene rings is 1. The fourth-order valence-corrected chi connectivity index (χ4v) is 1.83. The summed E-state index contributed by atoms with van der Waals surface area (Å²) >= 11 is 3.15. The van der Waals surface area contributed by atoms with Crippen molar-refractivity contribution >= 4 is 21.7 Å². The summed E-state index contributed by atoms with van der Waals surface area (Å²) in [4.78, 5) is 11.5. The number of hydrogen-bond donors (Lipinski definition) is 0. The van der Waals surface area contributed by atoms with Gasteiger partial charge in [0.15, 0.2) is 0 Å². The highest BCUT2D eigenvalue weighted by atomic mass is 79.9. The van der Waals surface area contributed by atoms with Gasteiger partial charge in [-0.05, 0) is 40.4 Å². The Morgan fingerprint density at radius 1 is 1.50 bits per heavy atom. The second-order valence-corrected chi connectivity index (χ2v) is 4.42. The molecule has 0 radical (unpaired) electrons. The molecule has 1 saturated carbocycles. The second-order valence-electron chi connectivity index (χ2n) is 3.63. The summed E-state index contributed by atoms with van der Waals surface area (Å²) in [5.74, 6) is 0.174. The molecule has 0 aromatic heterocycles. The summed E-state index contributed by atoms with van der Waals surface area (Å²) < 4.78 is 13.5. The summed E-state index contributed by atoms with van der Waals surface area (Å²) in [6.45, 7) is 0. The SMILES string of the molecule is O=C(Cc1cccc(F)c1Br)C1CC1. The van der Waals surface area contributed by atoms with Gasteiger partial charge in [-0.3, -0.25) is 4.79 Å². The number of Topliss-reactive ketones (excluding diaryl/α,β-unsaturated/α-hetero) is 1. The highest BCUT2D eigenvalue weighted by Gasteiger charge is 2.29. The molecule has 14 heavy (non-hydrogen) atoms. The summed E-state index contributed by atoms with van der Waals surface area (Å²) in [5.41, 5.74) is 0.752. The molecule has 0 amide bonds. The number of rotatable bonds is 3. The molecular formula is C11H10BrFO. The Balaban J connectivity index is 2.15. The maximum atomic E-state index is 13.1. The van der Waals surface area contributed by atoms with Crippen molar-refractivity contribution in [1.82, 2.24) is 0 Å². The molecule has 1 aliphatic carbocycles. The van der Waals surface area contributed by atoms with Crippen molar-refractivity contribution < 1.29 is 9.18 Å². The molecule has 1 aliphatic rings. The quantitative estimate of drug-likeness (QED) is 0.813. The first-order valence-electron chi connectivity index (χ1n) is 4.64. The molecule has 1 aromatic carbocycles. The first-order chi connectivity index (χ1) is 6.68. The molecule has 2 rings (SSSR count). The summed E-state index contributed by atoms with van der Waals surface area (Å²) in [6.07, 6.45) is 2.36. The molecule has 0 spiro atoms. The number of ketones is 1. The fourth-order valence-electron chi connectivity index (χ4n) is 1.42. The zero-order valence-corrected chi connectivity index (χ0v) is 9.18. The van der Waals surface area contributed by atoms with E-state index in [0.29, 0.717) is 10.9 Å². The zero-order chi connectivity index (χ0) is 10.1. The standard InChI is InChI=1S/C11H10BrFO/c12-11-8(2-1-3-9(11)13)6-10(14)7-4-5-7/h1-3,7H,4-6H2. The van der Waals surface area contributed by atoms with Crippen LogP contribution in [0.25, 0.3) is 0 Å². The largest absolute Gasteiger partial charge is 0.299 e. The third-order valence-corrected chi connectivity index (χ3v) is 3.32. The van der Waals surface area contributed by atoms with Crippen LogP contribution >= 0.6 is 15.9 Å². The topological polar surface area (TPSA) is 17.1 Å². The molecule has 0 N–H and O–H groups in total. The molecule has 1 fully saturated rings. The molecule has 1 nitrogen and oxygen atoms in total. The van der Waals surface area contributed by atoms with Crippen LogP contribution in [-0.2, 0) is 11.2 Å². The van der Waals surface area contributed by atoms with Crippen LogP contribution < -0.4 is 0 Å². The van der Waals surface area contributed by atoms with Crippen LogP contribution in [-0.4, -0.2) is 5.78 Å². The molecule has 0 unspecified atom stereocenters. The van der Waals surface area contributed by atoms with Crippen LogP contribution in [0, 0.1) is 11.7 Å². The van der Waals surface area contributed by atoms with E-state index in [4.69, 9.17) is 0 Å². The third-order valence-electron chi connectivity index (χ3n) is 2.43. The number of hydrogen-bond acceptors (Lipinski definition) is 1. The highest BCUT2D eigenvalue weighted by Crippen LogP contribution is 2.32. The lowest BCUT2D eigenvalue weighted by molar-refractivity contribution is -0.119. The van der Waals surface area contributed by atoms with E-state index < -0.39 is 0 Å². The number of carbonyl (C=O) groups is 1. The fraction of sp³-hybridized carbons (Fsp3) is 0.364. The minimum atomic E-state index is -0.300. The molecule has 0 aliphatic heterocycles. The van der Waals surface area contributed by atoms with Gasteiger partial charge in [0.25, 0.3) is 0 Å². The van der Waals surface area contributed by atoms with Gasteiger partial charge in [0.05, 0.1) is 4.47 Å². The van der Waals surface area contributed by atoms with Crippen LogP contribution in [0.4, 0.5) is 4.39 Å². The first-order valence-corrected chi connectivity index (χ1v) is 5.43. The van der Waals surface area contributed by atoms with Crippen molar-refractivity contribution in [3.8, 4) is 0 Å². The van der Waals surface area contributed by atoms with Gasteiger partial charge in [-0.1, -0.05) is 12.1 Å². The van der Waals surface area contributed by atoms with Gasteiger partial charge < -0.3 is 0 Å². The predicted octanol–water partition coefficient (Wildman–Crippen LogP) is 3.11. The summed E-state index contributed by atoms with van der Waals surface area (Å²) in [6, 6.07) is 4.80. The normalized spacial score (nSPS) is 15.6. The molecular weight excluding hydrogens is 247 g/mol. The van der Waals surface area contributed by atoms with Gasteiger partial charge in [0.1, 0.15) is 11.6 Å². The average Bonchev–Trinajstić information content (AvgIpc) is 2.95. The van der Waals surface area contributed by atoms with Crippen molar-refractivity contribution in [3.63, 3.8) is 0 Å². The Bertz CT molecular complexity index is 372. The summed E-state index contributed by atoms with van der Waals surface area (Å²) in [7, 11) is 0. The van der Waals surface area contributed by atoms with Gasteiger partial charge in [-0.15, -0.1) is 0 Å². The van der Waals surface area contributed by atoms with E-state index in [9.17, 15) is 9.18 Å². The monoisotopic (exact) mass is 256 g/mol. The van der Waals surface area contributed by atoms with Crippen molar-refractivity contribution in [3.05, 3.63) is 34.1 Å². The van der Waals surface area contributed by atoms with E-state index >= 15 is 0 Å². The van der Waals surface area contributed by atoms with Crippen LogP contribution in [0.1, 0.15) is 18.4 Å². The predicted molar refractivity (Wildman–Crippen MR) is 55.5 cm³/mol. The van der Waals surface area contributed by atoms with Crippen molar-refractivity contribution in [2.45, 2.75) is 19.3 Å². The van der Waals surface area contributed by atoms with Gasteiger partial charge in [0.2, 0.25) is 0 Å². The van der Waals surface area contributed by atoms with E-state index in [1.807, 2.05) is 0 Å². The van der Waals surface area contributed by atoms with Crippen LogP contribution in [0.3, 0.4) is 0 Å².